The number of hydrogen-bond acceptors (Lipinski definition) is 15. The summed E-state index contributed by atoms with van der Waals surface area (Å²) in [7, 11) is 0. The van der Waals surface area contributed by atoms with E-state index in [4.69, 9.17) is 52.1 Å². The molecule has 3 saturated carbocycles. The van der Waals surface area contributed by atoms with Crippen molar-refractivity contribution < 1.29 is 71.6 Å². The Morgan fingerprint density at radius 3 is 2.24 bits per heavy atom. The lowest BCUT2D eigenvalue weighted by molar-refractivity contribution is -0.392. The maximum atomic E-state index is 12.6. The number of esters is 3. The lowest BCUT2D eigenvalue weighted by Crippen LogP contribution is -2.66. The van der Waals surface area contributed by atoms with E-state index in [0.29, 0.717) is 41.9 Å². The summed E-state index contributed by atoms with van der Waals surface area (Å²) in [4.78, 5) is 37.0. The van der Waals surface area contributed by atoms with Gasteiger partial charge in [0.15, 0.2) is 43.0 Å². The molecule has 15 heteroatoms. The van der Waals surface area contributed by atoms with E-state index < -0.39 is 85.3 Å². The van der Waals surface area contributed by atoms with Gasteiger partial charge in [0.2, 0.25) is 0 Å². The van der Waals surface area contributed by atoms with Gasteiger partial charge in [-0.1, -0.05) is 69.7 Å². The van der Waals surface area contributed by atoms with Gasteiger partial charge >= 0.3 is 17.9 Å². The predicted octanol–water partition coefficient (Wildman–Crippen LogP) is 6.47. The van der Waals surface area contributed by atoms with Gasteiger partial charge in [-0.05, 0) is 91.8 Å². The van der Waals surface area contributed by atoms with Crippen molar-refractivity contribution in [3.05, 3.63) is 47.5 Å². The zero-order valence-corrected chi connectivity index (χ0v) is 39.5. The van der Waals surface area contributed by atoms with Crippen LogP contribution in [0.4, 0.5) is 0 Å². The Morgan fingerprint density at radius 1 is 0.758 bits per heavy atom. The smallest absolute Gasteiger partial charge is 0.303 e. The highest BCUT2D eigenvalue weighted by Crippen LogP contribution is 2.70. The van der Waals surface area contributed by atoms with Crippen LogP contribution in [0.5, 0.6) is 0 Å². The molecule has 10 rings (SSSR count). The van der Waals surface area contributed by atoms with Crippen LogP contribution in [-0.4, -0.2) is 116 Å². The van der Waals surface area contributed by atoms with Gasteiger partial charge in [0.05, 0.1) is 32.0 Å². The average molecular weight is 923 g/mol. The fourth-order valence-corrected chi connectivity index (χ4v) is 14.5. The van der Waals surface area contributed by atoms with Gasteiger partial charge in [-0.3, -0.25) is 14.4 Å². The second-order valence-electron chi connectivity index (χ2n) is 21.6. The van der Waals surface area contributed by atoms with E-state index in [1.165, 1.54) is 39.2 Å². The van der Waals surface area contributed by atoms with Crippen LogP contribution in [0.25, 0.3) is 0 Å². The van der Waals surface area contributed by atoms with E-state index in [0.717, 1.165) is 50.7 Å². The van der Waals surface area contributed by atoms with Crippen molar-refractivity contribution in [2.24, 2.45) is 46.3 Å². The summed E-state index contributed by atoms with van der Waals surface area (Å²) in [6, 6.07) is 9.43. The third kappa shape index (κ3) is 8.27. The molecule has 0 aromatic heterocycles. The Hall–Kier alpha value is -2.99. The minimum absolute atomic E-state index is 0.0287. The third-order valence-electron chi connectivity index (χ3n) is 17.6. The molecule has 8 fully saturated rings. The van der Waals surface area contributed by atoms with Crippen LogP contribution < -0.4 is 0 Å². The van der Waals surface area contributed by atoms with Gasteiger partial charge in [0.1, 0.15) is 24.4 Å². The summed E-state index contributed by atoms with van der Waals surface area (Å²) >= 11 is 0. The Labute approximate surface area is 388 Å². The van der Waals surface area contributed by atoms with E-state index in [2.05, 4.69) is 33.8 Å². The van der Waals surface area contributed by atoms with Crippen LogP contribution in [0.2, 0.25) is 0 Å². The van der Waals surface area contributed by atoms with Gasteiger partial charge in [0.25, 0.3) is 0 Å². The highest BCUT2D eigenvalue weighted by atomic mass is 16.8. The van der Waals surface area contributed by atoms with Crippen molar-refractivity contribution in [1.82, 2.24) is 0 Å². The number of aliphatic hydroxyl groups is 1. The van der Waals surface area contributed by atoms with Gasteiger partial charge < -0.3 is 57.2 Å². The number of carbonyl (C=O) groups excluding carboxylic acids is 3. The minimum atomic E-state index is -1.39. The maximum Gasteiger partial charge on any atom is 0.303 e. The fourth-order valence-electron chi connectivity index (χ4n) is 14.5. The predicted molar refractivity (Wildman–Crippen MR) is 233 cm³/mol. The Bertz CT molecular complexity index is 1990. The SMILES string of the molecule is CC(=O)O[C@@H]1[C@@H](OC(C)=O)[C@H](O[C@H]2[C@H](O[C@H]3CC[C@@]4(C)C(=CC[C@H]5[C@@H]6C[C@@H]7O[C@]8(CC[C@@H](C)CO8)[C@@H](C)[C@@H]7[C@@]6(C)CC[C@@H]54)C3)O[C@@H]3CO[C@@H](c4ccccc4)O[C@@H]3[C@@H]2O)OC[C@H]1OC(C)=O. The topological polar surface area (TPSA) is 173 Å². The molecule has 5 saturated heterocycles. The van der Waals surface area contributed by atoms with E-state index in [-0.39, 0.29) is 36.3 Å². The van der Waals surface area contributed by atoms with Crippen LogP contribution in [0.15, 0.2) is 42.0 Å². The lowest BCUT2D eigenvalue weighted by Gasteiger charge is -2.59. The summed E-state index contributed by atoms with van der Waals surface area (Å²) in [6.45, 7) is 14.0. The van der Waals surface area contributed by atoms with Crippen molar-refractivity contribution in [2.45, 2.75) is 186 Å². The zero-order valence-electron chi connectivity index (χ0n) is 39.5. The first-order valence-electron chi connectivity index (χ1n) is 24.7. The maximum absolute atomic E-state index is 12.6. The molecule has 5 aliphatic heterocycles. The third-order valence-corrected chi connectivity index (χ3v) is 17.6. The number of rotatable bonds is 8. The zero-order chi connectivity index (χ0) is 46.3. The molecule has 1 aromatic carbocycles. The average Bonchev–Trinajstić information content (AvgIpc) is 3.73. The molecule has 1 aromatic rings. The monoisotopic (exact) mass is 922 g/mol. The first-order chi connectivity index (χ1) is 31.6. The Morgan fingerprint density at radius 2 is 1.52 bits per heavy atom. The molecule has 364 valence electrons. The van der Waals surface area contributed by atoms with Crippen molar-refractivity contribution in [3.8, 4) is 0 Å². The highest BCUT2D eigenvalue weighted by molar-refractivity contribution is 5.68. The fraction of sp³-hybridized carbons (Fsp3) is 0.784. The van der Waals surface area contributed by atoms with Crippen LogP contribution in [0.3, 0.4) is 0 Å². The van der Waals surface area contributed by atoms with Crippen LogP contribution >= 0.6 is 0 Å². The molecule has 5 heterocycles. The van der Waals surface area contributed by atoms with Crippen LogP contribution in [0, 0.1) is 46.3 Å². The largest absolute Gasteiger partial charge is 0.456 e. The quantitative estimate of drug-likeness (QED) is 0.171. The van der Waals surface area contributed by atoms with Gasteiger partial charge in [0, 0.05) is 38.7 Å². The second kappa shape index (κ2) is 18.1. The first kappa shape index (κ1) is 46.7. The van der Waals surface area contributed by atoms with Gasteiger partial charge in [-0.2, -0.15) is 0 Å². The first-order valence-corrected chi connectivity index (χ1v) is 24.7. The lowest BCUT2D eigenvalue weighted by atomic mass is 9.47. The van der Waals surface area contributed by atoms with Crippen molar-refractivity contribution in [1.29, 1.82) is 0 Å². The van der Waals surface area contributed by atoms with Crippen molar-refractivity contribution >= 4 is 17.9 Å². The number of carbonyl (C=O) groups is 3. The summed E-state index contributed by atoms with van der Waals surface area (Å²) in [5, 5.41) is 12.3. The number of allylic oxidation sites excluding steroid dienone is 1. The van der Waals surface area contributed by atoms with Crippen molar-refractivity contribution in [3.63, 3.8) is 0 Å². The normalized spacial score (nSPS) is 48.4. The molecule has 9 aliphatic rings. The molecular formula is C51H70O15. The molecule has 66 heavy (non-hydrogen) atoms. The Balaban J connectivity index is 0.875. The molecule has 0 unspecified atom stereocenters. The highest BCUT2D eigenvalue weighted by Gasteiger charge is 2.69. The summed E-state index contributed by atoms with van der Waals surface area (Å²) < 4.78 is 69.2. The van der Waals surface area contributed by atoms with Gasteiger partial charge in [-0.15, -0.1) is 0 Å². The molecular weight excluding hydrogens is 853 g/mol. The number of fused-ring (bicyclic) bond motifs is 8. The molecule has 0 bridgehead atoms. The summed E-state index contributed by atoms with van der Waals surface area (Å²) in [6.07, 6.45) is 0.425. The van der Waals surface area contributed by atoms with Gasteiger partial charge in [-0.25, -0.2) is 0 Å². The Kier molecular flexibility index (Phi) is 12.8. The molecule has 0 radical (unpaired) electrons. The molecule has 4 aliphatic carbocycles. The van der Waals surface area contributed by atoms with E-state index in [9.17, 15) is 19.5 Å². The molecule has 1 spiro atoms. The number of ether oxygens (including phenoxy) is 11. The van der Waals surface area contributed by atoms with E-state index >= 15 is 0 Å². The number of benzene rings is 1. The summed E-state index contributed by atoms with van der Waals surface area (Å²) in [5.41, 5.74) is 2.44. The van der Waals surface area contributed by atoms with Crippen LogP contribution in [0.1, 0.15) is 118 Å². The second-order valence-corrected chi connectivity index (χ2v) is 21.6. The number of hydrogen-bond donors (Lipinski definition) is 1. The molecule has 15 nitrogen and oxygen atoms in total. The standard InChI is InChI=1S/C51H70O15/c1-26-15-20-51(58-23-26)27(2)40-37(66-51)22-36-34-14-13-32-21-33(16-18-49(32,6)35(34)17-19-50(36,40)7)62-48-44(41(55)42-38(63-48)24-56-46(64-42)31-11-9-8-10-12-31)65-47-45(61-30(5)54)43(60-29(4)53)39(25-57-47)59-28(3)52/h8-13,26-27,33-48,55H,14-25H2,1-7H3/t26-,27+,33+,34-,35+,36+,37+,38-,39-,40+,41+,42+,43+,44-,45-,46-,47+,48-,49+,50+,51-/m1/s1. The van der Waals surface area contributed by atoms with Crippen molar-refractivity contribution in [2.75, 3.05) is 19.8 Å². The minimum Gasteiger partial charge on any atom is -0.456 e. The molecule has 1 N–H and O–H groups in total. The number of aliphatic hydroxyl groups excluding tert-OH is 1. The van der Waals surface area contributed by atoms with E-state index in [1.807, 2.05) is 30.3 Å². The molecule has 0 amide bonds. The van der Waals surface area contributed by atoms with Crippen LogP contribution in [-0.2, 0) is 66.5 Å². The summed E-state index contributed by atoms with van der Waals surface area (Å²) in [5.74, 6) is 0.763. The molecule has 21 atom stereocenters. The van der Waals surface area contributed by atoms with E-state index in [1.54, 1.807) is 0 Å².